The molecule has 0 saturated carbocycles. The predicted octanol–water partition coefficient (Wildman–Crippen LogP) is 5.31. The normalized spacial score (nSPS) is 16.8. The van der Waals surface area contributed by atoms with Gasteiger partial charge in [0.25, 0.3) is 5.91 Å². The van der Waals surface area contributed by atoms with E-state index in [9.17, 15) is 14.3 Å². The molecule has 3 aromatic rings. The summed E-state index contributed by atoms with van der Waals surface area (Å²) in [6, 6.07) is 12.3. The number of amides is 1. The SMILES string of the molecule is CCCC1CCCCN1CCCNC(=O)c1ccc2cn(Cc3ccc(F)cc3)c(O)c2c1. The molecule has 1 aliphatic rings. The second kappa shape index (κ2) is 10.8. The van der Waals surface area contributed by atoms with Gasteiger partial charge in [-0.1, -0.05) is 38.0 Å². The summed E-state index contributed by atoms with van der Waals surface area (Å²) in [5, 5.41) is 15.2. The summed E-state index contributed by atoms with van der Waals surface area (Å²) in [7, 11) is 0. The fraction of sp³-hybridized carbons (Fsp3) is 0.444. The van der Waals surface area contributed by atoms with Gasteiger partial charge in [-0.05, 0) is 62.1 Å². The summed E-state index contributed by atoms with van der Waals surface area (Å²) in [6.07, 6.45) is 9.17. The van der Waals surface area contributed by atoms with Crippen molar-refractivity contribution in [1.82, 2.24) is 14.8 Å². The summed E-state index contributed by atoms with van der Waals surface area (Å²) >= 11 is 0. The van der Waals surface area contributed by atoms with Crippen LogP contribution >= 0.6 is 0 Å². The zero-order valence-corrected chi connectivity index (χ0v) is 19.4. The number of halogens is 1. The van der Waals surface area contributed by atoms with Gasteiger partial charge in [-0.15, -0.1) is 0 Å². The Labute approximate surface area is 195 Å². The molecular weight excluding hydrogens is 417 g/mol. The summed E-state index contributed by atoms with van der Waals surface area (Å²) < 4.78 is 14.9. The van der Waals surface area contributed by atoms with Gasteiger partial charge in [-0.2, -0.15) is 0 Å². The third-order valence-electron chi connectivity index (χ3n) is 6.67. The Kier molecular flexibility index (Phi) is 7.65. The Balaban J connectivity index is 1.34. The number of nitrogens with zero attached hydrogens (tertiary/aromatic N) is 2. The molecule has 5 nitrogen and oxygen atoms in total. The van der Waals surface area contributed by atoms with Crippen molar-refractivity contribution in [2.75, 3.05) is 19.6 Å². The zero-order valence-electron chi connectivity index (χ0n) is 19.4. The molecule has 0 bridgehead atoms. The molecular formula is C27H34FN3O2. The minimum absolute atomic E-state index is 0.107. The van der Waals surface area contributed by atoms with Crippen LogP contribution in [0.5, 0.6) is 5.88 Å². The van der Waals surface area contributed by atoms with Crippen LogP contribution in [-0.2, 0) is 6.54 Å². The first-order valence-corrected chi connectivity index (χ1v) is 12.1. The number of benzene rings is 2. The molecule has 1 aromatic heterocycles. The number of aromatic hydroxyl groups is 1. The monoisotopic (exact) mass is 451 g/mol. The third-order valence-corrected chi connectivity index (χ3v) is 6.67. The number of fused-ring (bicyclic) bond motifs is 1. The Bertz CT molecular complexity index is 1070. The van der Waals surface area contributed by atoms with Crippen LogP contribution in [-0.4, -0.2) is 46.2 Å². The van der Waals surface area contributed by atoms with Gasteiger partial charge >= 0.3 is 0 Å². The van der Waals surface area contributed by atoms with E-state index in [2.05, 4.69) is 17.1 Å². The van der Waals surface area contributed by atoms with Crippen LogP contribution in [0, 0.1) is 5.82 Å². The minimum atomic E-state index is -0.284. The maximum Gasteiger partial charge on any atom is 0.251 e. The number of hydrogen-bond donors (Lipinski definition) is 2. The molecule has 1 fully saturated rings. The molecule has 0 radical (unpaired) electrons. The van der Waals surface area contributed by atoms with Gasteiger partial charge in [0.2, 0.25) is 0 Å². The quantitative estimate of drug-likeness (QED) is 0.434. The van der Waals surface area contributed by atoms with Crippen molar-refractivity contribution in [3.63, 3.8) is 0 Å². The lowest BCUT2D eigenvalue weighted by Gasteiger charge is -2.35. The summed E-state index contributed by atoms with van der Waals surface area (Å²) in [6.45, 7) is 5.51. The van der Waals surface area contributed by atoms with Gasteiger partial charge in [-0.25, -0.2) is 4.39 Å². The second-order valence-electron chi connectivity index (χ2n) is 9.09. The number of rotatable bonds is 9. The molecule has 4 rings (SSSR count). The molecule has 6 heteroatoms. The first kappa shape index (κ1) is 23.3. The number of carbonyl (C=O) groups is 1. The van der Waals surface area contributed by atoms with Crippen molar-refractivity contribution in [2.45, 2.75) is 58.0 Å². The Morgan fingerprint density at radius 2 is 2.00 bits per heavy atom. The van der Waals surface area contributed by atoms with E-state index in [0.29, 0.717) is 30.1 Å². The maximum atomic E-state index is 13.2. The highest BCUT2D eigenvalue weighted by molar-refractivity contribution is 6.00. The average molecular weight is 452 g/mol. The summed E-state index contributed by atoms with van der Waals surface area (Å²) in [5.41, 5.74) is 1.43. The van der Waals surface area contributed by atoms with Crippen molar-refractivity contribution in [3.05, 3.63) is 65.6 Å². The van der Waals surface area contributed by atoms with Crippen LogP contribution in [0.2, 0.25) is 0 Å². The second-order valence-corrected chi connectivity index (χ2v) is 9.09. The van der Waals surface area contributed by atoms with Crippen LogP contribution in [0.1, 0.15) is 61.4 Å². The van der Waals surface area contributed by atoms with Crippen LogP contribution in [0.25, 0.3) is 10.8 Å². The molecule has 1 amide bonds. The molecule has 176 valence electrons. The van der Waals surface area contributed by atoms with E-state index >= 15 is 0 Å². The first-order valence-electron chi connectivity index (χ1n) is 12.1. The highest BCUT2D eigenvalue weighted by Gasteiger charge is 2.21. The molecule has 0 spiro atoms. The lowest BCUT2D eigenvalue weighted by atomic mass is 9.98. The van der Waals surface area contributed by atoms with Crippen LogP contribution in [0.4, 0.5) is 4.39 Å². The van der Waals surface area contributed by atoms with Gasteiger partial charge in [0, 0.05) is 41.7 Å². The van der Waals surface area contributed by atoms with E-state index in [-0.39, 0.29) is 17.6 Å². The summed E-state index contributed by atoms with van der Waals surface area (Å²) in [4.78, 5) is 15.3. The average Bonchev–Trinajstić information content (AvgIpc) is 3.13. The van der Waals surface area contributed by atoms with Crippen molar-refractivity contribution in [1.29, 1.82) is 0 Å². The summed E-state index contributed by atoms with van der Waals surface area (Å²) in [5.74, 6) is -0.296. The highest BCUT2D eigenvalue weighted by atomic mass is 19.1. The number of aromatic nitrogens is 1. The van der Waals surface area contributed by atoms with E-state index in [0.717, 1.165) is 23.9 Å². The molecule has 2 aromatic carbocycles. The van der Waals surface area contributed by atoms with E-state index in [4.69, 9.17) is 0 Å². The van der Waals surface area contributed by atoms with Crippen molar-refractivity contribution >= 4 is 16.7 Å². The zero-order chi connectivity index (χ0) is 23.2. The van der Waals surface area contributed by atoms with Gasteiger partial charge < -0.3 is 19.9 Å². The van der Waals surface area contributed by atoms with Crippen molar-refractivity contribution < 1.29 is 14.3 Å². The van der Waals surface area contributed by atoms with Crippen LogP contribution in [0.15, 0.2) is 48.7 Å². The number of piperidine rings is 1. The Morgan fingerprint density at radius 3 is 2.79 bits per heavy atom. The van der Waals surface area contributed by atoms with E-state index < -0.39 is 0 Å². The number of hydrogen-bond acceptors (Lipinski definition) is 3. The Morgan fingerprint density at radius 1 is 1.18 bits per heavy atom. The highest BCUT2D eigenvalue weighted by Crippen LogP contribution is 2.29. The molecule has 0 aliphatic carbocycles. The minimum Gasteiger partial charge on any atom is -0.494 e. The van der Waals surface area contributed by atoms with Crippen LogP contribution in [0.3, 0.4) is 0 Å². The number of nitrogens with one attached hydrogen (secondary N) is 1. The van der Waals surface area contributed by atoms with Crippen LogP contribution < -0.4 is 5.32 Å². The number of carbonyl (C=O) groups excluding carboxylic acids is 1. The molecule has 1 unspecified atom stereocenters. The standard InChI is InChI=1S/C27H34FN3O2/c1-2-6-24-7-3-4-15-30(24)16-5-14-29-26(32)21-10-11-22-19-31(27(33)25(22)17-21)18-20-8-12-23(28)13-9-20/h8-13,17,19,24,33H,2-7,14-16,18H2,1H3,(H,29,32). The topological polar surface area (TPSA) is 57.5 Å². The van der Waals surface area contributed by atoms with Crippen molar-refractivity contribution in [2.24, 2.45) is 0 Å². The molecule has 1 aliphatic heterocycles. The molecule has 2 heterocycles. The fourth-order valence-corrected chi connectivity index (χ4v) is 4.90. The van der Waals surface area contributed by atoms with Gasteiger partial charge in [-0.3, -0.25) is 4.79 Å². The lowest BCUT2D eigenvalue weighted by Crippen LogP contribution is -2.41. The van der Waals surface area contributed by atoms with E-state index in [1.807, 2.05) is 12.3 Å². The number of likely N-dealkylation sites (tertiary alicyclic amines) is 1. The largest absolute Gasteiger partial charge is 0.494 e. The first-order chi connectivity index (χ1) is 16.0. The molecule has 33 heavy (non-hydrogen) atoms. The lowest BCUT2D eigenvalue weighted by molar-refractivity contribution is 0.0947. The smallest absolute Gasteiger partial charge is 0.251 e. The molecule has 2 N–H and O–H groups in total. The predicted molar refractivity (Wildman–Crippen MR) is 130 cm³/mol. The van der Waals surface area contributed by atoms with Crippen molar-refractivity contribution in [3.8, 4) is 5.88 Å². The van der Waals surface area contributed by atoms with E-state index in [1.54, 1.807) is 28.8 Å². The molecule has 1 saturated heterocycles. The van der Waals surface area contributed by atoms with Gasteiger partial charge in [0.05, 0.1) is 6.54 Å². The maximum absolute atomic E-state index is 13.2. The fourth-order valence-electron chi connectivity index (χ4n) is 4.90. The van der Waals surface area contributed by atoms with Gasteiger partial charge in [0.1, 0.15) is 5.82 Å². The third kappa shape index (κ3) is 5.74. The van der Waals surface area contributed by atoms with E-state index in [1.165, 1.54) is 50.8 Å². The Hall–Kier alpha value is -2.86. The molecule has 1 atom stereocenters. The van der Waals surface area contributed by atoms with Gasteiger partial charge in [0.15, 0.2) is 5.88 Å².